The number of nitrogens with one attached hydrogen (secondary N) is 1. The van der Waals surface area contributed by atoms with Gasteiger partial charge in [-0.05, 0) is 66.2 Å². The van der Waals surface area contributed by atoms with Crippen LogP contribution in [0.2, 0.25) is 0 Å². The van der Waals surface area contributed by atoms with Gasteiger partial charge in [0, 0.05) is 12.1 Å². The molecule has 0 bridgehead atoms. The van der Waals surface area contributed by atoms with Gasteiger partial charge in [-0.2, -0.15) is 0 Å². The Labute approximate surface area is 325 Å². The Kier molecular flexibility index (Phi) is 11.6. The fourth-order valence-corrected chi connectivity index (χ4v) is 8.67. The monoisotopic (exact) mass is 794 g/mol. The number of benzene rings is 5. The summed E-state index contributed by atoms with van der Waals surface area (Å²) in [5.41, 5.74) is 0.0805. The van der Waals surface area contributed by atoms with E-state index in [1.54, 1.807) is 97.1 Å². The van der Waals surface area contributed by atoms with Crippen molar-refractivity contribution in [2.75, 3.05) is 12.4 Å². The Hall–Kier alpha value is -6.57. The van der Waals surface area contributed by atoms with Crippen LogP contribution < -0.4 is 23.6 Å². The number of hydrogen-bond acceptors (Lipinski definition) is 12. The molecular weight excluding hydrogens is 761 g/mol. The van der Waals surface area contributed by atoms with E-state index in [9.17, 15) is 24.5 Å². The number of fused-ring (bicyclic) bond motifs is 1. The number of hydrogen-bond donors (Lipinski definition) is 1. The van der Waals surface area contributed by atoms with Gasteiger partial charge in [0.05, 0.1) is 10.7 Å². The largest absolute Gasteiger partial charge is 0.766 e. The second kappa shape index (κ2) is 17.3. The summed E-state index contributed by atoms with van der Waals surface area (Å²) in [6.45, 7) is -0.622. The molecule has 2 amide bonds. The molecule has 14 nitrogen and oxygen atoms in total. The topological polar surface area (TPSA) is 165 Å². The summed E-state index contributed by atoms with van der Waals surface area (Å²) >= 11 is 1.24. The average molecular weight is 795 g/mol. The zero-order valence-corrected chi connectivity index (χ0v) is 31.1. The second-order valence-corrected chi connectivity index (χ2v) is 14.8. The van der Waals surface area contributed by atoms with Crippen LogP contribution in [0.15, 0.2) is 157 Å². The van der Waals surface area contributed by atoms with Gasteiger partial charge in [-0.1, -0.05) is 72.8 Å². The number of esters is 1. The van der Waals surface area contributed by atoms with Gasteiger partial charge < -0.3 is 14.8 Å². The fourth-order valence-electron chi connectivity index (χ4n) is 5.54. The Bertz CT molecular complexity index is 2100. The number of rotatable bonds is 16. The average Bonchev–Trinajstić information content (AvgIpc) is 3.22. The van der Waals surface area contributed by atoms with Gasteiger partial charge in [-0.25, -0.2) is 22.9 Å². The van der Waals surface area contributed by atoms with Crippen molar-refractivity contribution in [1.29, 1.82) is 0 Å². The number of ether oxygens (including phenoxy) is 2. The van der Waals surface area contributed by atoms with E-state index >= 15 is 0 Å². The lowest BCUT2D eigenvalue weighted by Crippen LogP contribution is -2.71. The lowest BCUT2D eigenvalue weighted by Gasteiger charge is -2.48. The molecule has 0 aromatic heterocycles. The number of nitro benzene ring substituents is 1. The quantitative estimate of drug-likeness (QED) is 0.0350. The molecule has 0 spiro atoms. The van der Waals surface area contributed by atoms with E-state index in [4.69, 9.17) is 27.6 Å². The first-order valence-corrected chi connectivity index (χ1v) is 19.7. The third kappa shape index (κ3) is 9.03. The molecule has 1 saturated heterocycles. The molecule has 0 aliphatic carbocycles. The van der Waals surface area contributed by atoms with Crippen LogP contribution in [-0.2, 0) is 30.3 Å². The number of nitrogens with zero attached hydrogens (tertiary/aromatic N) is 2. The van der Waals surface area contributed by atoms with E-state index in [2.05, 4.69) is 5.32 Å². The second-order valence-electron chi connectivity index (χ2n) is 12.1. The predicted molar refractivity (Wildman–Crippen MR) is 206 cm³/mol. The Balaban J connectivity index is 1.22. The van der Waals surface area contributed by atoms with Crippen molar-refractivity contribution in [2.45, 2.75) is 18.0 Å². The van der Waals surface area contributed by atoms with Crippen molar-refractivity contribution in [1.82, 2.24) is 10.2 Å². The summed E-state index contributed by atoms with van der Waals surface area (Å²) in [6.07, 6.45) is 0. The molecule has 2 heterocycles. The molecule has 5 aromatic carbocycles. The number of amides is 2. The van der Waals surface area contributed by atoms with Crippen LogP contribution >= 0.6 is 19.9 Å². The van der Waals surface area contributed by atoms with E-state index in [0.29, 0.717) is 28.6 Å². The van der Waals surface area contributed by atoms with Crippen molar-refractivity contribution in [2.24, 2.45) is 0 Å². The van der Waals surface area contributed by atoms with Gasteiger partial charge in [-0.3, -0.25) is 24.6 Å². The van der Waals surface area contributed by atoms with Crippen LogP contribution in [-0.4, -0.2) is 51.4 Å². The summed E-state index contributed by atoms with van der Waals surface area (Å²) < 4.78 is 37.3. The van der Waals surface area contributed by atoms with Gasteiger partial charge in [0.2, 0.25) is 5.76 Å². The predicted octanol–water partition coefficient (Wildman–Crippen LogP) is 7.26. The van der Waals surface area contributed by atoms with Crippen molar-refractivity contribution in [3.63, 3.8) is 0 Å². The van der Waals surface area contributed by atoms with Gasteiger partial charge in [-0.15, -0.1) is 11.8 Å². The third-order valence-electron chi connectivity index (χ3n) is 8.18. The van der Waals surface area contributed by atoms with E-state index < -0.39 is 42.3 Å². The Morgan fingerprint density at radius 2 is 1.23 bits per heavy atom. The highest BCUT2D eigenvalue weighted by molar-refractivity contribution is 8.00. The molecule has 0 saturated carbocycles. The lowest BCUT2D eigenvalue weighted by molar-refractivity contribution is -0.384. The van der Waals surface area contributed by atoms with Crippen molar-refractivity contribution < 1.29 is 46.9 Å². The minimum atomic E-state index is -4.08. The highest BCUT2D eigenvalue weighted by Crippen LogP contribution is 2.64. The standard InChI is InChI=1S/C40H32N3O11PS/c44-35(26-49-30-13-5-1-6-14-30)41-36-38(45)42-37(40(46)50-25-28-21-23-29(24-22-28)43(47)48)34(27-56-39(36)42)54-55(51-31-15-7-2-8-16-31,52-32-17-9-3-10-18-32)53-33-19-11-4-12-20-33/h1-24,36,39H,25-27H2/p+1/t36-,39-/m1/s1. The van der Waals surface area contributed by atoms with Gasteiger partial charge >= 0.3 is 14.1 Å². The van der Waals surface area contributed by atoms with E-state index in [-0.39, 0.29) is 36.1 Å². The maximum absolute atomic E-state index is 14.2. The van der Waals surface area contributed by atoms with Gasteiger partial charge in [0.1, 0.15) is 23.8 Å². The number of thioether (sulfide) groups is 1. The Morgan fingerprint density at radius 3 is 1.73 bits per heavy atom. The van der Waals surface area contributed by atoms with Crippen molar-refractivity contribution in [3.05, 3.63) is 173 Å². The smallest absolute Gasteiger partial charge is 0.484 e. The van der Waals surface area contributed by atoms with Crippen LogP contribution in [0.4, 0.5) is 5.69 Å². The molecule has 2 aliphatic rings. The lowest BCUT2D eigenvalue weighted by atomic mass is 10.0. The number of nitro groups is 1. The van der Waals surface area contributed by atoms with Crippen LogP contribution in [0.5, 0.6) is 23.0 Å². The summed E-state index contributed by atoms with van der Waals surface area (Å²) in [5, 5.41) is 13.2. The van der Waals surface area contributed by atoms with Gasteiger partial charge in [0.15, 0.2) is 29.6 Å². The summed E-state index contributed by atoms with van der Waals surface area (Å²) in [7, 11) is -4.08. The Morgan fingerprint density at radius 1 is 0.732 bits per heavy atom. The number of β-lactam (4-membered cyclic amide) rings is 1. The first-order valence-electron chi connectivity index (χ1n) is 17.1. The van der Waals surface area contributed by atoms with E-state index in [1.165, 1.54) is 40.9 Å². The molecule has 5 aromatic rings. The summed E-state index contributed by atoms with van der Waals surface area (Å²) in [4.78, 5) is 52.8. The zero-order valence-electron chi connectivity index (χ0n) is 29.4. The molecule has 7 rings (SSSR count). The maximum atomic E-state index is 14.2. The minimum Gasteiger partial charge on any atom is -0.484 e. The normalized spacial score (nSPS) is 16.1. The highest BCUT2D eigenvalue weighted by Gasteiger charge is 2.61. The highest BCUT2D eigenvalue weighted by atomic mass is 32.2. The molecule has 56 heavy (non-hydrogen) atoms. The van der Waals surface area contributed by atoms with Crippen molar-refractivity contribution in [3.8, 4) is 23.0 Å². The molecule has 1 N–H and O–H groups in total. The van der Waals surface area contributed by atoms with Gasteiger partial charge in [0.25, 0.3) is 17.5 Å². The van der Waals surface area contributed by atoms with Crippen molar-refractivity contribution >= 4 is 43.4 Å². The molecule has 284 valence electrons. The molecule has 2 atom stereocenters. The maximum Gasteiger partial charge on any atom is 0.766 e. The number of carbonyl (C=O) groups excluding carboxylic acids is 3. The van der Waals surface area contributed by atoms with Crippen LogP contribution in [0.3, 0.4) is 0 Å². The molecule has 0 radical (unpaired) electrons. The molecule has 16 heteroatoms. The fraction of sp³-hybridized carbons (Fsp3) is 0.125. The first kappa shape index (κ1) is 37.7. The minimum absolute atomic E-state index is 0.000499. The molecule has 0 unspecified atom stereocenters. The molecule has 1 fully saturated rings. The van der Waals surface area contributed by atoms with Crippen LogP contribution in [0.25, 0.3) is 0 Å². The summed E-state index contributed by atoms with van der Waals surface area (Å²) in [6, 6.07) is 39.4. The van der Waals surface area contributed by atoms with E-state index in [0.717, 1.165) is 0 Å². The number of carbonyl (C=O) groups is 3. The molecule has 2 aliphatic heterocycles. The number of para-hydroxylation sites is 4. The van der Waals surface area contributed by atoms with Crippen LogP contribution in [0.1, 0.15) is 5.56 Å². The molecular formula is C40H33N3O11PS+. The summed E-state index contributed by atoms with van der Waals surface area (Å²) in [5.74, 6) is -0.632. The van der Waals surface area contributed by atoms with E-state index in [1.807, 2.05) is 24.3 Å². The first-order chi connectivity index (χ1) is 27.3. The SMILES string of the molecule is O=C(COc1ccccc1)N[C@@H]1C(=O)N2C(C(=O)OCc3ccc([N+](=O)[O-])cc3)=C(O[P+](Oc3ccccc3)(Oc3ccccc3)Oc3ccccc3)CS[C@H]12. The number of non-ortho nitro benzene ring substituents is 1. The third-order valence-corrected chi connectivity index (χ3v) is 11.2. The van der Waals surface area contributed by atoms with Crippen LogP contribution in [0, 0.1) is 10.1 Å². The zero-order chi connectivity index (χ0) is 38.9.